The average molecular weight is 497 g/mol. The number of hydrogen-bond acceptors (Lipinski definition) is 5. The molecular weight excluding hydrogens is 468 g/mol. The molecule has 4 amide bonds. The number of ether oxygens (including phenoxy) is 1. The fourth-order valence-corrected chi connectivity index (χ4v) is 5.58. The Kier molecular flexibility index (Phi) is 6.75. The molecular formula is C26H29ClN4O4. The summed E-state index contributed by atoms with van der Waals surface area (Å²) in [5.41, 5.74) is 0.219. The molecule has 1 aromatic heterocycles. The molecule has 3 saturated heterocycles. The van der Waals surface area contributed by atoms with Crippen molar-refractivity contribution >= 4 is 29.4 Å². The van der Waals surface area contributed by atoms with Gasteiger partial charge < -0.3 is 15.0 Å². The second-order valence-electron chi connectivity index (χ2n) is 9.46. The van der Waals surface area contributed by atoms with Gasteiger partial charge in [0.25, 0.3) is 5.91 Å². The minimum atomic E-state index is -1.23. The lowest BCUT2D eigenvalue weighted by Crippen LogP contribution is -2.55. The molecule has 3 fully saturated rings. The Morgan fingerprint density at radius 2 is 1.89 bits per heavy atom. The van der Waals surface area contributed by atoms with E-state index in [1.54, 1.807) is 30.5 Å². The largest absolute Gasteiger partial charge is 0.376 e. The molecule has 8 nitrogen and oxygen atoms in total. The molecule has 0 spiro atoms. The van der Waals surface area contributed by atoms with Crippen LogP contribution in [0.2, 0.25) is 5.02 Å². The summed E-state index contributed by atoms with van der Waals surface area (Å²) in [5, 5.41) is 3.66. The summed E-state index contributed by atoms with van der Waals surface area (Å²) in [6.07, 6.45) is 4.76. The van der Waals surface area contributed by atoms with E-state index < -0.39 is 11.6 Å². The van der Waals surface area contributed by atoms with Gasteiger partial charge in [0.2, 0.25) is 5.91 Å². The van der Waals surface area contributed by atoms with Crippen molar-refractivity contribution in [2.45, 2.75) is 43.7 Å². The summed E-state index contributed by atoms with van der Waals surface area (Å²) in [4.78, 5) is 47.4. The van der Waals surface area contributed by atoms with Crippen molar-refractivity contribution in [3.8, 4) is 0 Å². The molecule has 0 radical (unpaired) electrons. The smallest absolute Gasteiger partial charge is 0.325 e. The first-order chi connectivity index (χ1) is 17.0. The Labute approximate surface area is 209 Å². The number of piperidine rings is 1. The highest BCUT2D eigenvalue weighted by molar-refractivity contribution is 6.30. The van der Waals surface area contributed by atoms with Crippen LogP contribution in [0.3, 0.4) is 0 Å². The van der Waals surface area contributed by atoms with Gasteiger partial charge in [0, 0.05) is 36.8 Å². The van der Waals surface area contributed by atoms with Crippen LogP contribution in [0, 0.1) is 5.92 Å². The van der Waals surface area contributed by atoms with Gasteiger partial charge >= 0.3 is 6.03 Å². The highest BCUT2D eigenvalue weighted by atomic mass is 35.5. The summed E-state index contributed by atoms with van der Waals surface area (Å²) >= 11 is 5.95. The van der Waals surface area contributed by atoms with Crippen LogP contribution in [-0.4, -0.2) is 65.0 Å². The number of aromatic nitrogens is 1. The first kappa shape index (κ1) is 23.8. The van der Waals surface area contributed by atoms with Crippen LogP contribution in [0.25, 0.3) is 0 Å². The molecule has 9 heteroatoms. The average Bonchev–Trinajstić information content (AvgIpc) is 3.49. The van der Waals surface area contributed by atoms with Gasteiger partial charge in [-0.25, -0.2) is 4.79 Å². The number of urea groups is 1. The zero-order chi connectivity index (χ0) is 24.4. The molecule has 2 atom stereocenters. The van der Waals surface area contributed by atoms with Crippen molar-refractivity contribution < 1.29 is 19.1 Å². The summed E-state index contributed by atoms with van der Waals surface area (Å²) < 4.78 is 5.69. The van der Waals surface area contributed by atoms with E-state index in [2.05, 4.69) is 10.3 Å². The third kappa shape index (κ3) is 4.65. The third-order valence-electron chi connectivity index (χ3n) is 7.34. The molecule has 2 aromatic rings. The monoisotopic (exact) mass is 496 g/mol. The van der Waals surface area contributed by atoms with E-state index in [0.29, 0.717) is 49.7 Å². The first-order valence-electron chi connectivity index (χ1n) is 12.2. The number of halogens is 1. The number of imide groups is 1. The predicted octanol–water partition coefficient (Wildman–Crippen LogP) is 3.14. The van der Waals surface area contributed by atoms with E-state index in [1.165, 1.54) is 4.90 Å². The maximum Gasteiger partial charge on any atom is 0.325 e. The number of amides is 4. The van der Waals surface area contributed by atoms with E-state index in [-0.39, 0.29) is 30.4 Å². The quantitative estimate of drug-likeness (QED) is 0.620. The summed E-state index contributed by atoms with van der Waals surface area (Å²) in [6.45, 7) is 1.93. The zero-order valence-electron chi connectivity index (χ0n) is 19.5. The molecule has 184 valence electrons. The van der Waals surface area contributed by atoms with Gasteiger partial charge in [-0.05, 0) is 55.5 Å². The Morgan fingerprint density at radius 3 is 2.54 bits per heavy atom. The van der Waals surface area contributed by atoms with Crippen molar-refractivity contribution in [2.24, 2.45) is 5.92 Å². The molecule has 2 unspecified atom stereocenters. The van der Waals surface area contributed by atoms with Crippen LogP contribution in [0.5, 0.6) is 0 Å². The highest BCUT2D eigenvalue weighted by Gasteiger charge is 2.58. The zero-order valence-corrected chi connectivity index (χ0v) is 20.2. The van der Waals surface area contributed by atoms with E-state index >= 15 is 0 Å². The number of rotatable bonds is 6. The van der Waals surface area contributed by atoms with Gasteiger partial charge in [0.05, 0.1) is 24.8 Å². The molecule has 1 N–H and O–H groups in total. The summed E-state index contributed by atoms with van der Waals surface area (Å²) in [7, 11) is 0. The number of carbonyl (C=O) groups excluding carboxylic acids is 3. The third-order valence-corrected chi connectivity index (χ3v) is 7.59. The molecule has 0 saturated carbocycles. The lowest BCUT2D eigenvalue weighted by Gasteiger charge is -2.40. The maximum atomic E-state index is 13.9. The SMILES string of the molecule is O=C(Cc1ccc(Cl)cc1)N1CCC(C2(c3ccccn3)NC(=O)N(CC3CCCO3)C2=O)CC1. The Hall–Kier alpha value is -2.97. The lowest BCUT2D eigenvalue weighted by molar-refractivity contribution is -0.137. The molecule has 4 heterocycles. The molecule has 35 heavy (non-hydrogen) atoms. The van der Waals surface area contributed by atoms with Crippen LogP contribution in [-0.2, 0) is 26.3 Å². The van der Waals surface area contributed by atoms with Crippen LogP contribution >= 0.6 is 11.6 Å². The lowest BCUT2D eigenvalue weighted by atomic mass is 9.75. The fraction of sp³-hybridized carbons (Fsp3) is 0.462. The minimum absolute atomic E-state index is 0.0412. The minimum Gasteiger partial charge on any atom is -0.376 e. The van der Waals surface area contributed by atoms with Crippen LogP contribution < -0.4 is 5.32 Å². The molecule has 3 aliphatic rings. The Bertz CT molecular complexity index is 1080. The van der Waals surface area contributed by atoms with Gasteiger partial charge in [0.1, 0.15) is 0 Å². The highest BCUT2D eigenvalue weighted by Crippen LogP contribution is 2.41. The number of likely N-dealkylation sites (tertiary alicyclic amines) is 1. The van der Waals surface area contributed by atoms with Crippen molar-refractivity contribution in [3.05, 3.63) is 64.9 Å². The molecule has 5 rings (SSSR count). The molecule has 3 aliphatic heterocycles. The van der Waals surface area contributed by atoms with Crippen molar-refractivity contribution in [1.29, 1.82) is 0 Å². The van der Waals surface area contributed by atoms with E-state index in [1.807, 2.05) is 23.1 Å². The molecule has 1 aromatic carbocycles. The predicted molar refractivity (Wildman–Crippen MR) is 130 cm³/mol. The number of hydrogen-bond donors (Lipinski definition) is 1. The van der Waals surface area contributed by atoms with Crippen molar-refractivity contribution in [1.82, 2.24) is 20.1 Å². The van der Waals surface area contributed by atoms with E-state index in [0.717, 1.165) is 18.4 Å². The number of pyridine rings is 1. The number of benzene rings is 1. The number of nitrogens with one attached hydrogen (secondary N) is 1. The van der Waals surface area contributed by atoms with Crippen molar-refractivity contribution in [3.63, 3.8) is 0 Å². The van der Waals surface area contributed by atoms with Crippen molar-refractivity contribution in [2.75, 3.05) is 26.2 Å². The van der Waals surface area contributed by atoms with Crippen LogP contribution in [0.4, 0.5) is 4.79 Å². The summed E-state index contributed by atoms with van der Waals surface area (Å²) in [6, 6.07) is 12.3. The Balaban J connectivity index is 1.32. The topological polar surface area (TPSA) is 91.8 Å². The van der Waals surface area contributed by atoms with Gasteiger partial charge in [-0.3, -0.25) is 19.5 Å². The molecule has 0 bridgehead atoms. The normalized spacial score (nSPS) is 25.2. The maximum absolute atomic E-state index is 13.9. The van der Waals surface area contributed by atoms with E-state index in [4.69, 9.17) is 16.3 Å². The standard InChI is InChI=1S/C26H29ClN4O4/c27-20-8-6-18(7-9-20)16-23(32)30-13-10-19(11-14-30)26(22-5-1-2-12-28-22)24(33)31(25(34)29-26)17-21-4-3-15-35-21/h1-2,5-9,12,19,21H,3-4,10-11,13-17H2,(H,29,34). The second-order valence-corrected chi connectivity index (χ2v) is 9.90. The Morgan fingerprint density at radius 1 is 1.11 bits per heavy atom. The first-order valence-corrected chi connectivity index (χ1v) is 12.5. The van der Waals surface area contributed by atoms with E-state index in [9.17, 15) is 14.4 Å². The fourth-order valence-electron chi connectivity index (χ4n) is 5.46. The number of carbonyl (C=O) groups is 3. The van der Waals surface area contributed by atoms with Crippen LogP contribution in [0.15, 0.2) is 48.7 Å². The second kappa shape index (κ2) is 9.95. The molecule has 0 aliphatic carbocycles. The van der Waals surface area contributed by atoms with Gasteiger partial charge in [-0.15, -0.1) is 0 Å². The number of nitrogens with zero attached hydrogens (tertiary/aromatic N) is 3. The van der Waals surface area contributed by atoms with Gasteiger partial charge in [0.15, 0.2) is 5.54 Å². The van der Waals surface area contributed by atoms with Gasteiger partial charge in [-0.1, -0.05) is 29.8 Å². The van der Waals surface area contributed by atoms with Crippen LogP contribution in [0.1, 0.15) is 36.9 Å². The summed E-state index contributed by atoms with van der Waals surface area (Å²) in [5.74, 6) is -0.412. The van der Waals surface area contributed by atoms with Gasteiger partial charge in [-0.2, -0.15) is 0 Å².